The first kappa shape index (κ1) is 7.32. The summed E-state index contributed by atoms with van der Waals surface area (Å²) in [6.45, 7) is 1.96. The maximum atomic E-state index is 4.27. The van der Waals surface area contributed by atoms with E-state index in [1.54, 1.807) is 0 Å². The SMILES string of the molecule is CC=NC1=C(NC)CCC1. The number of allylic oxidation sites excluding steroid dienone is 2. The van der Waals surface area contributed by atoms with Crippen molar-refractivity contribution >= 4 is 6.21 Å². The van der Waals surface area contributed by atoms with E-state index in [4.69, 9.17) is 0 Å². The molecule has 0 aromatic heterocycles. The lowest BCUT2D eigenvalue weighted by Gasteiger charge is -1.99. The first-order valence-corrected chi connectivity index (χ1v) is 3.77. The minimum Gasteiger partial charge on any atom is -0.390 e. The molecule has 1 N–H and O–H groups in total. The minimum absolute atomic E-state index is 1.14. The highest BCUT2D eigenvalue weighted by atomic mass is 14.9. The summed E-state index contributed by atoms with van der Waals surface area (Å²) in [6.07, 6.45) is 5.42. The van der Waals surface area contributed by atoms with Gasteiger partial charge in [-0.05, 0) is 26.2 Å². The van der Waals surface area contributed by atoms with E-state index < -0.39 is 0 Å². The molecule has 2 heteroatoms. The van der Waals surface area contributed by atoms with Gasteiger partial charge in [-0.15, -0.1) is 0 Å². The number of nitrogens with one attached hydrogen (secondary N) is 1. The molecule has 0 aliphatic heterocycles. The van der Waals surface area contributed by atoms with Crippen LogP contribution in [0.4, 0.5) is 0 Å². The van der Waals surface area contributed by atoms with E-state index in [1.807, 2.05) is 20.2 Å². The van der Waals surface area contributed by atoms with Crippen LogP contribution in [0.25, 0.3) is 0 Å². The van der Waals surface area contributed by atoms with Gasteiger partial charge in [-0.1, -0.05) is 0 Å². The van der Waals surface area contributed by atoms with Gasteiger partial charge in [-0.3, -0.25) is 4.99 Å². The Morgan fingerprint density at radius 2 is 2.30 bits per heavy atom. The van der Waals surface area contributed by atoms with Crippen molar-refractivity contribution in [1.29, 1.82) is 0 Å². The zero-order valence-electron chi connectivity index (χ0n) is 6.65. The summed E-state index contributed by atoms with van der Waals surface area (Å²) in [4.78, 5) is 4.27. The second-order valence-electron chi connectivity index (χ2n) is 2.42. The Kier molecular flexibility index (Phi) is 2.49. The Balaban J connectivity index is 2.68. The van der Waals surface area contributed by atoms with E-state index in [0.29, 0.717) is 0 Å². The molecule has 0 spiro atoms. The normalized spacial score (nSPS) is 19.0. The van der Waals surface area contributed by atoms with Crippen LogP contribution in [0.2, 0.25) is 0 Å². The Labute approximate surface area is 62.0 Å². The highest BCUT2D eigenvalue weighted by molar-refractivity contribution is 5.55. The number of rotatable bonds is 2. The molecule has 2 nitrogen and oxygen atoms in total. The largest absolute Gasteiger partial charge is 0.390 e. The molecule has 0 amide bonds. The molecule has 0 bridgehead atoms. The molecule has 0 aromatic carbocycles. The molecule has 1 aliphatic carbocycles. The molecule has 1 aliphatic rings. The topological polar surface area (TPSA) is 24.4 Å². The first-order chi connectivity index (χ1) is 4.88. The first-order valence-electron chi connectivity index (χ1n) is 3.77. The molecule has 0 saturated heterocycles. The maximum absolute atomic E-state index is 4.27. The fraction of sp³-hybridized carbons (Fsp3) is 0.625. The molecule has 56 valence electrons. The summed E-state index contributed by atoms with van der Waals surface area (Å²) in [5.74, 6) is 0. The van der Waals surface area contributed by atoms with Crippen molar-refractivity contribution in [2.24, 2.45) is 4.99 Å². The summed E-state index contributed by atoms with van der Waals surface area (Å²) in [5.41, 5.74) is 2.56. The van der Waals surface area contributed by atoms with E-state index in [-0.39, 0.29) is 0 Å². The summed E-state index contributed by atoms with van der Waals surface area (Å²) in [6, 6.07) is 0. The Morgan fingerprint density at radius 1 is 1.50 bits per heavy atom. The number of hydrogen-bond donors (Lipinski definition) is 1. The van der Waals surface area contributed by atoms with E-state index >= 15 is 0 Å². The zero-order chi connectivity index (χ0) is 7.40. The molecule has 1 rings (SSSR count). The van der Waals surface area contributed by atoms with Gasteiger partial charge >= 0.3 is 0 Å². The van der Waals surface area contributed by atoms with Crippen molar-refractivity contribution < 1.29 is 0 Å². The predicted octanol–water partition coefficient (Wildman–Crippen LogP) is 1.69. The maximum Gasteiger partial charge on any atom is 0.0588 e. The second-order valence-corrected chi connectivity index (χ2v) is 2.42. The van der Waals surface area contributed by atoms with Crippen LogP contribution in [0.5, 0.6) is 0 Å². The van der Waals surface area contributed by atoms with Crippen LogP contribution < -0.4 is 5.32 Å². The van der Waals surface area contributed by atoms with E-state index in [1.165, 1.54) is 24.2 Å². The quantitative estimate of drug-likeness (QED) is 0.577. The average Bonchev–Trinajstić information content (AvgIpc) is 2.36. The molecule has 0 aromatic rings. The Morgan fingerprint density at radius 3 is 2.90 bits per heavy atom. The molecular formula is C8H14N2. The smallest absolute Gasteiger partial charge is 0.0588 e. The van der Waals surface area contributed by atoms with Crippen LogP contribution in [-0.4, -0.2) is 13.3 Å². The lowest BCUT2D eigenvalue weighted by molar-refractivity contribution is 0.846. The lowest BCUT2D eigenvalue weighted by atomic mass is 10.3. The fourth-order valence-corrected chi connectivity index (χ4v) is 1.30. The molecule has 0 heterocycles. The van der Waals surface area contributed by atoms with Gasteiger partial charge in [0.1, 0.15) is 0 Å². The van der Waals surface area contributed by atoms with Crippen LogP contribution in [0, 0.1) is 0 Å². The van der Waals surface area contributed by atoms with Crippen molar-refractivity contribution in [3.63, 3.8) is 0 Å². The third-order valence-electron chi connectivity index (χ3n) is 1.78. The molecule has 0 atom stereocenters. The summed E-state index contributed by atoms with van der Waals surface area (Å²) >= 11 is 0. The van der Waals surface area contributed by atoms with Gasteiger partial charge in [0, 0.05) is 19.0 Å². The van der Waals surface area contributed by atoms with Gasteiger partial charge in [0.25, 0.3) is 0 Å². The molecule has 0 saturated carbocycles. The van der Waals surface area contributed by atoms with E-state index in [2.05, 4.69) is 10.3 Å². The number of nitrogens with zero attached hydrogens (tertiary/aromatic N) is 1. The van der Waals surface area contributed by atoms with E-state index in [0.717, 1.165) is 6.42 Å². The molecule has 10 heavy (non-hydrogen) atoms. The van der Waals surface area contributed by atoms with Gasteiger partial charge in [-0.2, -0.15) is 0 Å². The summed E-state index contributed by atoms with van der Waals surface area (Å²) < 4.78 is 0. The number of hydrogen-bond acceptors (Lipinski definition) is 2. The van der Waals surface area contributed by atoms with Crippen LogP contribution >= 0.6 is 0 Å². The molecule has 0 unspecified atom stereocenters. The van der Waals surface area contributed by atoms with Gasteiger partial charge < -0.3 is 5.32 Å². The van der Waals surface area contributed by atoms with Crippen LogP contribution in [0.15, 0.2) is 16.4 Å². The third kappa shape index (κ3) is 1.38. The van der Waals surface area contributed by atoms with Crippen LogP contribution in [-0.2, 0) is 0 Å². The third-order valence-corrected chi connectivity index (χ3v) is 1.78. The van der Waals surface area contributed by atoms with Crippen molar-refractivity contribution in [2.45, 2.75) is 26.2 Å². The summed E-state index contributed by atoms with van der Waals surface area (Å²) in [7, 11) is 1.96. The Hall–Kier alpha value is -0.790. The van der Waals surface area contributed by atoms with Crippen molar-refractivity contribution in [3.8, 4) is 0 Å². The van der Waals surface area contributed by atoms with Gasteiger partial charge in [0.2, 0.25) is 0 Å². The summed E-state index contributed by atoms with van der Waals surface area (Å²) in [5, 5.41) is 3.16. The highest BCUT2D eigenvalue weighted by Gasteiger charge is 2.10. The van der Waals surface area contributed by atoms with E-state index in [9.17, 15) is 0 Å². The fourth-order valence-electron chi connectivity index (χ4n) is 1.30. The van der Waals surface area contributed by atoms with Gasteiger partial charge in [0.15, 0.2) is 0 Å². The Bertz CT molecular complexity index is 168. The average molecular weight is 138 g/mol. The minimum atomic E-state index is 1.14. The second kappa shape index (κ2) is 3.40. The monoisotopic (exact) mass is 138 g/mol. The molecule has 0 radical (unpaired) electrons. The van der Waals surface area contributed by atoms with Crippen LogP contribution in [0.3, 0.4) is 0 Å². The lowest BCUT2D eigenvalue weighted by Crippen LogP contribution is -2.04. The predicted molar refractivity (Wildman–Crippen MR) is 44.1 cm³/mol. The zero-order valence-corrected chi connectivity index (χ0v) is 6.65. The van der Waals surface area contributed by atoms with Crippen molar-refractivity contribution in [1.82, 2.24) is 5.32 Å². The van der Waals surface area contributed by atoms with Crippen molar-refractivity contribution in [3.05, 3.63) is 11.4 Å². The van der Waals surface area contributed by atoms with Gasteiger partial charge in [-0.25, -0.2) is 0 Å². The van der Waals surface area contributed by atoms with Crippen LogP contribution in [0.1, 0.15) is 26.2 Å². The standard InChI is InChI=1S/C8H14N2/c1-3-10-8-6-4-5-7(8)9-2/h3,9H,4-6H2,1-2H3. The van der Waals surface area contributed by atoms with Crippen molar-refractivity contribution in [2.75, 3.05) is 7.05 Å². The molecule has 0 fully saturated rings. The van der Waals surface area contributed by atoms with Gasteiger partial charge in [0.05, 0.1) is 5.70 Å². The number of aliphatic imine (C=N–C) groups is 1. The highest BCUT2D eigenvalue weighted by Crippen LogP contribution is 2.23. The molecular weight excluding hydrogens is 124 g/mol.